The number of aromatic nitrogens is 1. The molecule has 1 saturated carbocycles. The van der Waals surface area contributed by atoms with Crippen LogP contribution in [0.3, 0.4) is 0 Å². The lowest BCUT2D eigenvalue weighted by atomic mass is 10.2. The van der Waals surface area contributed by atoms with Crippen LogP contribution in [0, 0.1) is 0 Å². The molecule has 3 rings (SSSR count). The zero-order valence-electron chi connectivity index (χ0n) is 9.02. The monoisotopic (exact) mass is 214 g/mol. The van der Waals surface area contributed by atoms with Gasteiger partial charge in [-0.15, -0.1) is 0 Å². The normalized spacial score (nSPS) is 17.3. The van der Waals surface area contributed by atoms with Gasteiger partial charge in [-0.25, -0.2) is 0 Å². The Hall–Kier alpha value is -1.61. The van der Waals surface area contributed by atoms with Crippen LogP contribution in [0.4, 0.5) is 0 Å². The van der Waals surface area contributed by atoms with Crippen molar-refractivity contribution in [2.24, 2.45) is 5.73 Å². The lowest BCUT2D eigenvalue weighted by Crippen LogP contribution is -2.29. The molecule has 3 heteroatoms. The third-order valence-electron chi connectivity index (χ3n) is 3.00. The van der Waals surface area contributed by atoms with E-state index in [0.717, 1.165) is 29.5 Å². The van der Waals surface area contributed by atoms with Gasteiger partial charge in [-0.2, -0.15) is 0 Å². The molecule has 1 aromatic heterocycles. The van der Waals surface area contributed by atoms with Gasteiger partial charge in [0.2, 0.25) is 0 Å². The first-order chi connectivity index (χ1) is 7.77. The number of pyridine rings is 1. The minimum atomic E-state index is -0.0864. The molecule has 1 fully saturated rings. The predicted octanol–water partition coefficient (Wildman–Crippen LogP) is 2.10. The third kappa shape index (κ3) is 1.74. The molecule has 0 bridgehead atoms. The molecule has 1 aliphatic carbocycles. The number of ether oxygens (including phenoxy) is 1. The van der Waals surface area contributed by atoms with Gasteiger partial charge in [0.05, 0.1) is 5.54 Å². The van der Waals surface area contributed by atoms with Crippen molar-refractivity contribution in [1.29, 1.82) is 0 Å². The molecular weight excluding hydrogens is 200 g/mol. The first-order valence-corrected chi connectivity index (χ1v) is 5.52. The SMILES string of the molecule is NC1(COc2cccc3cccnc23)CC1. The van der Waals surface area contributed by atoms with Gasteiger partial charge in [0.25, 0.3) is 0 Å². The van der Waals surface area contributed by atoms with Crippen LogP contribution in [0.5, 0.6) is 5.75 Å². The summed E-state index contributed by atoms with van der Waals surface area (Å²) in [6.07, 6.45) is 3.90. The van der Waals surface area contributed by atoms with Crippen LogP contribution in [-0.2, 0) is 0 Å². The van der Waals surface area contributed by atoms with Crippen LogP contribution in [0.1, 0.15) is 12.8 Å². The average Bonchev–Trinajstić information content (AvgIpc) is 3.05. The predicted molar refractivity (Wildman–Crippen MR) is 63.4 cm³/mol. The van der Waals surface area contributed by atoms with Gasteiger partial charge in [-0.3, -0.25) is 4.98 Å². The Morgan fingerprint density at radius 3 is 2.88 bits per heavy atom. The van der Waals surface area contributed by atoms with Gasteiger partial charge in [-0.05, 0) is 25.0 Å². The molecule has 0 amide bonds. The summed E-state index contributed by atoms with van der Waals surface area (Å²) in [7, 11) is 0. The minimum Gasteiger partial charge on any atom is -0.489 e. The number of hydrogen-bond acceptors (Lipinski definition) is 3. The fourth-order valence-corrected chi connectivity index (χ4v) is 1.72. The number of benzene rings is 1. The molecule has 1 aliphatic rings. The van der Waals surface area contributed by atoms with E-state index in [9.17, 15) is 0 Å². The van der Waals surface area contributed by atoms with Gasteiger partial charge in [0.1, 0.15) is 17.9 Å². The van der Waals surface area contributed by atoms with E-state index in [1.165, 1.54) is 0 Å². The van der Waals surface area contributed by atoms with Crippen molar-refractivity contribution >= 4 is 10.9 Å². The van der Waals surface area contributed by atoms with E-state index in [1.807, 2.05) is 30.3 Å². The van der Waals surface area contributed by atoms with Crippen molar-refractivity contribution in [2.75, 3.05) is 6.61 Å². The summed E-state index contributed by atoms with van der Waals surface area (Å²) < 4.78 is 5.76. The molecule has 0 atom stereocenters. The van der Waals surface area contributed by atoms with Crippen LogP contribution in [0.15, 0.2) is 36.5 Å². The quantitative estimate of drug-likeness (QED) is 0.851. The largest absolute Gasteiger partial charge is 0.489 e. The molecule has 0 spiro atoms. The maximum absolute atomic E-state index is 5.99. The summed E-state index contributed by atoms with van der Waals surface area (Å²) in [5.41, 5.74) is 6.82. The topological polar surface area (TPSA) is 48.1 Å². The van der Waals surface area contributed by atoms with Crippen molar-refractivity contribution in [2.45, 2.75) is 18.4 Å². The number of hydrogen-bond donors (Lipinski definition) is 1. The molecule has 16 heavy (non-hydrogen) atoms. The lowest BCUT2D eigenvalue weighted by Gasteiger charge is -2.12. The van der Waals surface area contributed by atoms with Crippen molar-refractivity contribution in [1.82, 2.24) is 4.98 Å². The summed E-state index contributed by atoms with van der Waals surface area (Å²) >= 11 is 0. The van der Waals surface area contributed by atoms with E-state index < -0.39 is 0 Å². The molecule has 1 heterocycles. The molecule has 1 aromatic carbocycles. The van der Waals surface area contributed by atoms with Crippen LogP contribution in [-0.4, -0.2) is 17.1 Å². The second-order valence-corrected chi connectivity index (χ2v) is 4.48. The van der Waals surface area contributed by atoms with Crippen LogP contribution >= 0.6 is 0 Å². The molecule has 82 valence electrons. The molecule has 2 N–H and O–H groups in total. The second kappa shape index (κ2) is 3.46. The maximum atomic E-state index is 5.99. The van der Waals surface area contributed by atoms with Gasteiger partial charge >= 0.3 is 0 Å². The van der Waals surface area contributed by atoms with E-state index >= 15 is 0 Å². The lowest BCUT2D eigenvalue weighted by molar-refractivity contribution is 0.282. The summed E-state index contributed by atoms with van der Waals surface area (Å²) in [6, 6.07) is 9.92. The Kier molecular flexibility index (Phi) is 2.07. The summed E-state index contributed by atoms with van der Waals surface area (Å²) in [4.78, 5) is 4.34. The maximum Gasteiger partial charge on any atom is 0.145 e. The third-order valence-corrected chi connectivity index (χ3v) is 3.00. The Balaban J connectivity index is 1.90. The highest BCUT2D eigenvalue weighted by Gasteiger charge is 2.39. The minimum absolute atomic E-state index is 0.0864. The molecule has 0 radical (unpaired) electrons. The first kappa shape index (κ1) is 9.60. The zero-order valence-corrected chi connectivity index (χ0v) is 9.02. The fraction of sp³-hybridized carbons (Fsp3) is 0.308. The molecule has 0 aliphatic heterocycles. The van der Waals surface area contributed by atoms with Crippen molar-refractivity contribution in [3.8, 4) is 5.75 Å². The van der Waals surface area contributed by atoms with Gasteiger partial charge in [0, 0.05) is 11.6 Å². The van der Waals surface area contributed by atoms with E-state index in [1.54, 1.807) is 6.20 Å². The molecule has 3 nitrogen and oxygen atoms in total. The summed E-state index contributed by atoms with van der Waals surface area (Å²) in [6.45, 7) is 0.586. The summed E-state index contributed by atoms with van der Waals surface area (Å²) in [5, 5.41) is 1.10. The van der Waals surface area contributed by atoms with Gasteiger partial charge in [0.15, 0.2) is 0 Å². The Morgan fingerprint density at radius 2 is 2.06 bits per heavy atom. The van der Waals surface area contributed by atoms with Crippen molar-refractivity contribution in [3.05, 3.63) is 36.5 Å². The Morgan fingerprint density at radius 1 is 1.25 bits per heavy atom. The average molecular weight is 214 g/mol. The molecular formula is C13H14N2O. The number of nitrogens with two attached hydrogens (primary N) is 1. The fourth-order valence-electron chi connectivity index (χ4n) is 1.72. The van der Waals surface area contributed by atoms with Gasteiger partial charge < -0.3 is 10.5 Å². The van der Waals surface area contributed by atoms with E-state index in [0.29, 0.717) is 6.61 Å². The highest BCUT2D eigenvalue weighted by molar-refractivity contribution is 5.84. The molecule has 2 aromatic rings. The number of fused-ring (bicyclic) bond motifs is 1. The van der Waals surface area contributed by atoms with Crippen molar-refractivity contribution in [3.63, 3.8) is 0 Å². The number of para-hydroxylation sites is 1. The number of rotatable bonds is 3. The van der Waals surface area contributed by atoms with E-state index in [4.69, 9.17) is 10.5 Å². The van der Waals surface area contributed by atoms with Crippen molar-refractivity contribution < 1.29 is 4.74 Å². The highest BCUT2D eigenvalue weighted by atomic mass is 16.5. The molecule has 0 saturated heterocycles. The van der Waals surface area contributed by atoms with Crippen LogP contribution in [0.25, 0.3) is 10.9 Å². The van der Waals surface area contributed by atoms with Crippen LogP contribution < -0.4 is 10.5 Å². The smallest absolute Gasteiger partial charge is 0.145 e. The van der Waals surface area contributed by atoms with E-state index in [-0.39, 0.29) is 5.54 Å². The first-order valence-electron chi connectivity index (χ1n) is 5.52. The second-order valence-electron chi connectivity index (χ2n) is 4.48. The van der Waals surface area contributed by atoms with Gasteiger partial charge in [-0.1, -0.05) is 18.2 Å². The Bertz CT molecular complexity index is 515. The van der Waals surface area contributed by atoms with E-state index in [2.05, 4.69) is 4.98 Å². The zero-order chi connectivity index (χ0) is 11.0. The highest BCUT2D eigenvalue weighted by Crippen LogP contribution is 2.33. The number of nitrogens with zero attached hydrogens (tertiary/aromatic N) is 1. The molecule has 0 unspecified atom stereocenters. The standard InChI is InChI=1S/C13H14N2O/c14-13(6-7-13)9-16-11-5-1-3-10-4-2-8-15-12(10)11/h1-5,8H,6-7,9,14H2. The van der Waals surface area contributed by atoms with Crippen LogP contribution in [0.2, 0.25) is 0 Å². The Labute approximate surface area is 94.2 Å². The summed E-state index contributed by atoms with van der Waals surface area (Å²) in [5.74, 6) is 0.829.